The van der Waals surface area contributed by atoms with Gasteiger partial charge < -0.3 is 14.5 Å². The van der Waals surface area contributed by atoms with Crippen molar-refractivity contribution >= 4 is 17.6 Å². The molecule has 0 aromatic carbocycles. The molecule has 0 unspecified atom stereocenters. The summed E-state index contributed by atoms with van der Waals surface area (Å²) < 4.78 is 7.02. The molecule has 1 aliphatic rings. The number of aromatic nitrogens is 4. The number of amides is 1. The number of rotatable bonds is 2. The van der Waals surface area contributed by atoms with Crippen molar-refractivity contribution in [3.8, 4) is 0 Å². The Balaban J connectivity index is 1.60. The largest absolute Gasteiger partial charge is 0.444 e. The van der Waals surface area contributed by atoms with Gasteiger partial charge in [0.05, 0.1) is 6.04 Å². The lowest BCUT2D eigenvalue weighted by Crippen LogP contribution is -2.60. The van der Waals surface area contributed by atoms with Crippen LogP contribution in [0.2, 0.25) is 0 Å². The normalized spacial score (nSPS) is 15.7. The van der Waals surface area contributed by atoms with E-state index in [0.717, 1.165) is 18.9 Å². The zero-order chi connectivity index (χ0) is 15.9. The second kappa shape index (κ2) is 5.11. The number of hydrogen-bond acceptors (Lipinski definition) is 6. The summed E-state index contributed by atoms with van der Waals surface area (Å²) in [6.45, 7) is 7.06. The van der Waals surface area contributed by atoms with Crippen molar-refractivity contribution in [3.63, 3.8) is 0 Å². The smallest absolute Gasteiger partial charge is 0.410 e. The van der Waals surface area contributed by atoms with E-state index in [1.807, 2.05) is 32.9 Å². The Morgan fingerprint density at radius 2 is 2.09 bits per heavy atom. The third-order valence-corrected chi connectivity index (χ3v) is 3.56. The Hall–Kier alpha value is -2.38. The Kier molecular flexibility index (Phi) is 3.38. The minimum atomic E-state index is -0.476. The average molecular weight is 304 g/mol. The fourth-order valence-corrected chi connectivity index (χ4v) is 2.26. The van der Waals surface area contributed by atoms with Gasteiger partial charge in [0.1, 0.15) is 17.7 Å². The minimum absolute atomic E-state index is 0.133. The van der Waals surface area contributed by atoms with E-state index in [0.29, 0.717) is 5.65 Å². The Morgan fingerprint density at radius 3 is 2.77 bits per heavy atom. The molecule has 3 rings (SSSR count). The van der Waals surface area contributed by atoms with Gasteiger partial charge in [-0.2, -0.15) is 4.52 Å². The quantitative estimate of drug-likeness (QED) is 0.829. The number of likely N-dealkylation sites (N-methyl/N-ethyl adjacent to an activating group) is 1. The van der Waals surface area contributed by atoms with Crippen molar-refractivity contribution in [1.82, 2.24) is 24.7 Å². The first-order chi connectivity index (χ1) is 10.3. The van der Waals surface area contributed by atoms with E-state index in [1.165, 1.54) is 0 Å². The molecule has 1 saturated heterocycles. The number of carbonyl (C=O) groups excluding carboxylic acids is 1. The number of nitrogens with zero attached hydrogens (tertiary/aromatic N) is 6. The summed E-state index contributed by atoms with van der Waals surface area (Å²) >= 11 is 0. The number of fused-ring (bicyclic) bond motifs is 1. The van der Waals surface area contributed by atoms with Gasteiger partial charge in [0, 0.05) is 20.1 Å². The van der Waals surface area contributed by atoms with Crippen molar-refractivity contribution in [1.29, 1.82) is 0 Å². The zero-order valence-electron chi connectivity index (χ0n) is 13.2. The molecule has 0 atom stereocenters. The first kappa shape index (κ1) is 14.6. The minimum Gasteiger partial charge on any atom is -0.444 e. The lowest BCUT2D eigenvalue weighted by atomic mass is 10.1. The molecule has 0 spiro atoms. The van der Waals surface area contributed by atoms with E-state index in [1.54, 1.807) is 22.8 Å². The Labute approximate surface area is 128 Å². The van der Waals surface area contributed by atoms with Crippen molar-refractivity contribution in [2.24, 2.45) is 0 Å². The van der Waals surface area contributed by atoms with E-state index < -0.39 is 5.60 Å². The topological polar surface area (TPSA) is 75.9 Å². The molecule has 1 aliphatic heterocycles. The second-order valence-corrected chi connectivity index (χ2v) is 6.48. The summed E-state index contributed by atoms with van der Waals surface area (Å²) in [6.07, 6.45) is 1.28. The molecule has 2 aromatic heterocycles. The molecule has 118 valence electrons. The maximum Gasteiger partial charge on any atom is 0.410 e. The van der Waals surface area contributed by atoms with Gasteiger partial charge in [0.15, 0.2) is 5.65 Å². The first-order valence-corrected chi connectivity index (χ1v) is 7.21. The van der Waals surface area contributed by atoms with Crippen LogP contribution in [-0.2, 0) is 4.74 Å². The molecule has 1 amide bonds. The molecule has 2 aromatic rings. The van der Waals surface area contributed by atoms with E-state index in [2.05, 4.69) is 20.2 Å². The number of carbonyl (C=O) groups is 1. The molecule has 0 aliphatic carbocycles. The molecule has 22 heavy (non-hydrogen) atoms. The zero-order valence-corrected chi connectivity index (χ0v) is 13.2. The van der Waals surface area contributed by atoms with E-state index in [4.69, 9.17) is 4.74 Å². The van der Waals surface area contributed by atoms with Crippen LogP contribution in [0.1, 0.15) is 20.8 Å². The molecular weight excluding hydrogens is 284 g/mol. The van der Waals surface area contributed by atoms with Gasteiger partial charge in [-0.25, -0.2) is 4.79 Å². The summed E-state index contributed by atoms with van der Waals surface area (Å²) in [7, 11) is 1.77. The first-order valence-electron chi connectivity index (χ1n) is 7.21. The fourth-order valence-electron chi connectivity index (χ4n) is 2.26. The highest BCUT2D eigenvalue weighted by atomic mass is 16.6. The van der Waals surface area contributed by atoms with E-state index in [-0.39, 0.29) is 12.1 Å². The lowest BCUT2D eigenvalue weighted by Gasteiger charge is -2.44. The standard InChI is InChI=1S/C14H20N6O2/c1-14(2,3)22-13(21)18(4)10-7-19(8-10)12-6-5-11-16-15-9-20(11)17-12/h5-6,9-10H,7-8H2,1-4H3. The Morgan fingerprint density at radius 1 is 1.36 bits per heavy atom. The molecule has 0 radical (unpaired) electrons. The molecular formula is C14H20N6O2. The van der Waals surface area contributed by atoms with Crippen molar-refractivity contribution < 1.29 is 9.53 Å². The van der Waals surface area contributed by atoms with Crippen molar-refractivity contribution in [2.45, 2.75) is 32.4 Å². The fraction of sp³-hybridized carbons (Fsp3) is 0.571. The summed E-state index contributed by atoms with van der Waals surface area (Å²) in [5.41, 5.74) is 0.238. The highest BCUT2D eigenvalue weighted by molar-refractivity contribution is 5.69. The van der Waals surface area contributed by atoms with Crippen LogP contribution in [0.4, 0.5) is 10.6 Å². The molecule has 1 fully saturated rings. The molecule has 0 bridgehead atoms. The lowest BCUT2D eigenvalue weighted by molar-refractivity contribution is 0.0196. The van der Waals surface area contributed by atoms with Crippen LogP contribution < -0.4 is 4.90 Å². The van der Waals surface area contributed by atoms with Crippen molar-refractivity contribution in [2.75, 3.05) is 25.0 Å². The highest BCUT2D eigenvalue weighted by Crippen LogP contribution is 2.22. The van der Waals surface area contributed by atoms with Crippen LogP contribution in [0.25, 0.3) is 5.65 Å². The van der Waals surface area contributed by atoms with Gasteiger partial charge in [-0.1, -0.05) is 0 Å². The molecule has 0 saturated carbocycles. The Bertz CT molecular complexity index is 686. The third kappa shape index (κ3) is 2.81. The van der Waals surface area contributed by atoms with Gasteiger partial charge in [-0.3, -0.25) is 0 Å². The van der Waals surface area contributed by atoms with Crippen LogP contribution in [0.15, 0.2) is 18.5 Å². The number of anilines is 1. The second-order valence-electron chi connectivity index (χ2n) is 6.48. The van der Waals surface area contributed by atoms with Crippen LogP contribution in [-0.4, -0.2) is 62.6 Å². The van der Waals surface area contributed by atoms with Crippen molar-refractivity contribution in [3.05, 3.63) is 18.5 Å². The monoisotopic (exact) mass is 304 g/mol. The third-order valence-electron chi connectivity index (χ3n) is 3.56. The molecule has 8 heteroatoms. The highest BCUT2D eigenvalue weighted by Gasteiger charge is 2.35. The van der Waals surface area contributed by atoms with E-state index >= 15 is 0 Å². The van der Waals surface area contributed by atoms with Gasteiger partial charge in [-0.05, 0) is 32.9 Å². The summed E-state index contributed by atoms with van der Waals surface area (Å²) in [5, 5.41) is 12.2. The van der Waals surface area contributed by atoms with Crippen LogP contribution in [0, 0.1) is 0 Å². The van der Waals surface area contributed by atoms with Gasteiger partial charge in [0.25, 0.3) is 0 Å². The maximum atomic E-state index is 12.0. The summed E-state index contributed by atoms with van der Waals surface area (Å²) in [4.78, 5) is 15.8. The predicted molar refractivity (Wildman–Crippen MR) is 80.8 cm³/mol. The summed E-state index contributed by atoms with van der Waals surface area (Å²) in [5.74, 6) is 0.848. The average Bonchev–Trinajstić information content (AvgIpc) is 2.82. The van der Waals surface area contributed by atoms with Crippen LogP contribution >= 0.6 is 0 Å². The number of hydrogen-bond donors (Lipinski definition) is 0. The molecule has 3 heterocycles. The SMILES string of the molecule is CN(C(=O)OC(C)(C)C)C1CN(c2ccc3nncn3n2)C1. The van der Waals surface area contributed by atoms with E-state index in [9.17, 15) is 4.79 Å². The summed E-state index contributed by atoms with van der Waals surface area (Å²) in [6, 6.07) is 3.92. The van der Waals surface area contributed by atoms with Crippen LogP contribution in [0.5, 0.6) is 0 Å². The number of ether oxygens (including phenoxy) is 1. The van der Waals surface area contributed by atoms with Crippen LogP contribution in [0.3, 0.4) is 0 Å². The van der Waals surface area contributed by atoms with Gasteiger partial charge >= 0.3 is 6.09 Å². The van der Waals surface area contributed by atoms with Gasteiger partial charge in [-0.15, -0.1) is 15.3 Å². The predicted octanol–water partition coefficient (Wildman–Crippen LogP) is 1.18. The molecule has 0 N–H and O–H groups in total. The maximum absolute atomic E-state index is 12.0. The molecule has 8 nitrogen and oxygen atoms in total. The van der Waals surface area contributed by atoms with Gasteiger partial charge in [0.2, 0.25) is 0 Å².